The SMILES string of the molecule is O=C(O)C1C2CCC(C2)C1NS(=O)(=O)c1ccc(Br)s1. The smallest absolute Gasteiger partial charge is 0.308 e. The third-order valence-corrected chi connectivity index (χ3v) is 7.88. The van der Waals surface area contributed by atoms with Crippen LogP contribution in [0.25, 0.3) is 0 Å². The molecule has 0 amide bonds. The molecule has 20 heavy (non-hydrogen) atoms. The van der Waals surface area contributed by atoms with Crippen LogP contribution in [0.15, 0.2) is 20.1 Å². The van der Waals surface area contributed by atoms with Gasteiger partial charge in [0.15, 0.2) is 0 Å². The Kier molecular flexibility index (Phi) is 3.68. The molecule has 110 valence electrons. The second-order valence-corrected chi connectivity index (χ2v) is 9.81. The summed E-state index contributed by atoms with van der Waals surface area (Å²) in [5, 5.41) is 9.34. The van der Waals surface area contributed by atoms with Gasteiger partial charge in [0.1, 0.15) is 4.21 Å². The van der Waals surface area contributed by atoms with Gasteiger partial charge in [-0.15, -0.1) is 11.3 Å². The van der Waals surface area contributed by atoms with Crippen molar-refractivity contribution in [2.45, 2.75) is 29.5 Å². The Balaban J connectivity index is 1.85. The molecule has 0 aliphatic heterocycles. The summed E-state index contributed by atoms with van der Waals surface area (Å²) >= 11 is 4.36. The second-order valence-electron chi connectivity index (χ2n) is 5.40. The van der Waals surface area contributed by atoms with E-state index in [1.807, 2.05) is 0 Å². The Bertz CT molecular complexity index is 642. The highest BCUT2D eigenvalue weighted by Gasteiger charge is 2.52. The molecule has 2 aliphatic rings. The normalized spacial score (nSPS) is 32.6. The summed E-state index contributed by atoms with van der Waals surface area (Å²) in [6.45, 7) is 0. The lowest BCUT2D eigenvalue weighted by Crippen LogP contribution is -2.46. The number of fused-ring (bicyclic) bond motifs is 2. The van der Waals surface area contributed by atoms with Gasteiger partial charge in [0.05, 0.1) is 9.70 Å². The molecule has 2 saturated carbocycles. The zero-order valence-corrected chi connectivity index (χ0v) is 13.7. The summed E-state index contributed by atoms with van der Waals surface area (Å²) in [5.41, 5.74) is 0. The summed E-state index contributed by atoms with van der Waals surface area (Å²) in [4.78, 5) is 11.4. The van der Waals surface area contributed by atoms with Gasteiger partial charge in [-0.2, -0.15) is 0 Å². The van der Waals surface area contributed by atoms with Crippen LogP contribution >= 0.6 is 27.3 Å². The van der Waals surface area contributed by atoms with Crippen molar-refractivity contribution in [3.63, 3.8) is 0 Å². The summed E-state index contributed by atoms with van der Waals surface area (Å²) in [7, 11) is -3.64. The first-order valence-corrected chi connectivity index (χ1v) is 9.48. The average Bonchev–Trinajstić information content (AvgIpc) is 3.02. The van der Waals surface area contributed by atoms with Gasteiger partial charge < -0.3 is 5.11 Å². The van der Waals surface area contributed by atoms with Crippen molar-refractivity contribution in [1.29, 1.82) is 0 Å². The maximum atomic E-state index is 12.3. The van der Waals surface area contributed by atoms with Crippen molar-refractivity contribution >= 4 is 43.3 Å². The minimum atomic E-state index is -3.64. The monoisotopic (exact) mass is 379 g/mol. The molecule has 4 atom stereocenters. The fraction of sp³-hybridized carbons (Fsp3) is 0.583. The van der Waals surface area contributed by atoms with E-state index in [0.29, 0.717) is 0 Å². The van der Waals surface area contributed by atoms with Crippen molar-refractivity contribution in [3.8, 4) is 0 Å². The molecule has 1 heterocycles. The fourth-order valence-electron chi connectivity index (χ4n) is 3.50. The van der Waals surface area contributed by atoms with Gasteiger partial charge in [0, 0.05) is 6.04 Å². The molecule has 8 heteroatoms. The zero-order valence-electron chi connectivity index (χ0n) is 10.5. The van der Waals surface area contributed by atoms with E-state index < -0.39 is 28.0 Å². The molecule has 0 saturated heterocycles. The summed E-state index contributed by atoms with van der Waals surface area (Å²) in [6, 6.07) is 2.73. The first kappa shape index (κ1) is 14.5. The maximum Gasteiger partial charge on any atom is 0.308 e. The standard InChI is InChI=1S/C12H14BrNO4S2/c13-8-3-4-9(19-8)20(17,18)14-11-7-2-1-6(5-7)10(11)12(15)16/h3-4,6-7,10-11,14H,1-2,5H2,(H,15,16). The van der Waals surface area contributed by atoms with E-state index in [2.05, 4.69) is 20.7 Å². The van der Waals surface area contributed by atoms with Crippen LogP contribution in [-0.2, 0) is 14.8 Å². The zero-order chi connectivity index (χ0) is 14.5. The molecule has 2 N–H and O–H groups in total. The quantitative estimate of drug-likeness (QED) is 0.840. The van der Waals surface area contributed by atoms with Gasteiger partial charge in [0.25, 0.3) is 0 Å². The molecule has 1 aromatic rings. The lowest BCUT2D eigenvalue weighted by atomic mass is 9.85. The Labute approximate surface area is 129 Å². The fourth-order valence-corrected chi connectivity index (χ4v) is 6.85. The van der Waals surface area contributed by atoms with Gasteiger partial charge in [-0.1, -0.05) is 0 Å². The number of nitrogens with one attached hydrogen (secondary N) is 1. The van der Waals surface area contributed by atoms with Gasteiger partial charge in [-0.05, 0) is 59.2 Å². The van der Waals surface area contributed by atoms with Gasteiger partial charge in [0.2, 0.25) is 10.0 Å². The van der Waals surface area contributed by atoms with Gasteiger partial charge in [-0.3, -0.25) is 4.79 Å². The summed E-state index contributed by atoms with van der Waals surface area (Å²) < 4.78 is 28.2. The number of sulfonamides is 1. The number of aliphatic carboxylic acids is 1. The highest BCUT2D eigenvalue weighted by molar-refractivity contribution is 9.11. The van der Waals surface area contributed by atoms with Crippen LogP contribution in [0.3, 0.4) is 0 Å². The largest absolute Gasteiger partial charge is 0.481 e. The van der Waals surface area contributed by atoms with Crippen molar-refractivity contribution < 1.29 is 18.3 Å². The molecule has 2 fully saturated rings. The first-order valence-electron chi connectivity index (χ1n) is 6.39. The Morgan fingerprint density at radius 1 is 1.35 bits per heavy atom. The second kappa shape index (κ2) is 5.08. The minimum absolute atomic E-state index is 0.111. The van der Waals surface area contributed by atoms with Crippen molar-refractivity contribution in [2.24, 2.45) is 17.8 Å². The van der Waals surface area contributed by atoms with E-state index in [9.17, 15) is 18.3 Å². The average molecular weight is 380 g/mol. The predicted molar refractivity (Wildman–Crippen MR) is 78.1 cm³/mol. The van der Waals surface area contributed by atoms with E-state index in [-0.39, 0.29) is 16.0 Å². The van der Waals surface area contributed by atoms with Crippen LogP contribution in [0.4, 0.5) is 0 Å². The van der Waals surface area contributed by atoms with Crippen LogP contribution in [0.1, 0.15) is 19.3 Å². The van der Waals surface area contributed by atoms with Crippen LogP contribution < -0.4 is 4.72 Å². The maximum absolute atomic E-state index is 12.3. The highest BCUT2D eigenvalue weighted by Crippen LogP contribution is 2.49. The third kappa shape index (κ3) is 2.43. The predicted octanol–water partition coefficient (Wildman–Crippen LogP) is 2.29. The molecule has 2 bridgehead atoms. The van der Waals surface area contributed by atoms with Gasteiger partial charge >= 0.3 is 5.97 Å². The number of carboxylic acids is 1. The summed E-state index contributed by atoms with van der Waals surface area (Å²) in [6.07, 6.45) is 2.62. The number of hydrogen-bond donors (Lipinski definition) is 2. The van der Waals surface area contributed by atoms with Crippen molar-refractivity contribution in [2.75, 3.05) is 0 Å². The minimum Gasteiger partial charge on any atom is -0.481 e. The van der Waals surface area contributed by atoms with E-state index in [4.69, 9.17) is 0 Å². The number of rotatable bonds is 4. The molecule has 3 rings (SSSR count). The Morgan fingerprint density at radius 3 is 2.65 bits per heavy atom. The Hall–Kier alpha value is -0.440. The number of carbonyl (C=O) groups is 1. The van der Waals surface area contributed by atoms with Crippen molar-refractivity contribution in [3.05, 3.63) is 15.9 Å². The van der Waals surface area contributed by atoms with Crippen LogP contribution in [0.2, 0.25) is 0 Å². The molecule has 4 unspecified atom stereocenters. The summed E-state index contributed by atoms with van der Waals surface area (Å²) in [5.74, 6) is -1.22. The molecular weight excluding hydrogens is 366 g/mol. The van der Waals surface area contributed by atoms with E-state index in [0.717, 1.165) is 34.4 Å². The van der Waals surface area contributed by atoms with Crippen LogP contribution in [-0.4, -0.2) is 25.5 Å². The molecule has 0 radical (unpaired) electrons. The number of carboxylic acid groups (broad SMARTS) is 1. The van der Waals surface area contributed by atoms with Crippen molar-refractivity contribution in [1.82, 2.24) is 4.72 Å². The first-order chi connectivity index (χ1) is 9.38. The topological polar surface area (TPSA) is 83.5 Å². The lowest BCUT2D eigenvalue weighted by Gasteiger charge is -2.28. The highest BCUT2D eigenvalue weighted by atomic mass is 79.9. The van der Waals surface area contributed by atoms with Crippen LogP contribution in [0, 0.1) is 17.8 Å². The molecule has 0 aromatic carbocycles. The molecule has 2 aliphatic carbocycles. The molecule has 5 nitrogen and oxygen atoms in total. The Morgan fingerprint density at radius 2 is 2.05 bits per heavy atom. The van der Waals surface area contributed by atoms with Gasteiger partial charge in [-0.25, -0.2) is 13.1 Å². The van der Waals surface area contributed by atoms with E-state index in [1.165, 1.54) is 6.07 Å². The third-order valence-electron chi connectivity index (χ3n) is 4.31. The molecule has 1 aromatic heterocycles. The number of halogens is 1. The number of thiophene rings is 1. The molecular formula is C12H14BrNO4S2. The number of hydrogen-bond acceptors (Lipinski definition) is 4. The van der Waals surface area contributed by atoms with E-state index >= 15 is 0 Å². The lowest BCUT2D eigenvalue weighted by molar-refractivity contribution is -0.144. The van der Waals surface area contributed by atoms with Crippen LogP contribution in [0.5, 0.6) is 0 Å². The molecule has 0 spiro atoms. The van der Waals surface area contributed by atoms with E-state index in [1.54, 1.807) is 6.07 Å².